The highest BCUT2D eigenvalue weighted by atomic mass is 16.5. The van der Waals surface area contributed by atoms with E-state index in [1.807, 2.05) is 18.2 Å². The molecule has 1 unspecified atom stereocenters. The van der Waals surface area contributed by atoms with Crippen LogP contribution in [0.25, 0.3) is 11.1 Å². The number of fused-ring (bicyclic) bond motifs is 2. The van der Waals surface area contributed by atoms with E-state index >= 15 is 0 Å². The first-order chi connectivity index (χ1) is 10.3. The Morgan fingerprint density at radius 1 is 1.24 bits per heavy atom. The molecule has 0 fully saturated rings. The maximum Gasteiger partial charge on any atom is 0.217 e. The van der Waals surface area contributed by atoms with Gasteiger partial charge in [0.25, 0.3) is 0 Å². The molecule has 0 aliphatic carbocycles. The number of nitrogens with zero attached hydrogens (tertiary/aromatic N) is 1. The van der Waals surface area contributed by atoms with Crippen LogP contribution in [0.2, 0.25) is 0 Å². The fourth-order valence-electron chi connectivity index (χ4n) is 2.90. The lowest BCUT2D eigenvalue weighted by Crippen LogP contribution is -2.30. The summed E-state index contributed by atoms with van der Waals surface area (Å²) < 4.78 is 11.2. The van der Waals surface area contributed by atoms with E-state index in [4.69, 9.17) is 9.15 Å². The Kier molecular flexibility index (Phi) is 2.89. The molecular weight excluding hydrogens is 264 g/mol. The van der Waals surface area contributed by atoms with Crippen molar-refractivity contribution in [2.45, 2.75) is 12.5 Å². The molecule has 0 bridgehead atoms. The van der Waals surface area contributed by atoms with E-state index in [1.165, 1.54) is 11.1 Å². The highest BCUT2D eigenvalue weighted by Crippen LogP contribution is 2.31. The number of methoxy groups -OCH3 is 1. The van der Waals surface area contributed by atoms with Crippen molar-refractivity contribution in [3.63, 3.8) is 0 Å². The Hall–Kier alpha value is -2.33. The topological polar surface area (TPSA) is 47.3 Å². The second-order valence-electron chi connectivity index (χ2n) is 5.22. The van der Waals surface area contributed by atoms with Gasteiger partial charge in [-0.25, -0.2) is 4.98 Å². The molecule has 106 valence electrons. The van der Waals surface area contributed by atoms with E-state index in [1.54, 1.807) is 7.11 Å². The molecule has 1 atom stereocenters. The number of ether oxygens (including phenoxy) is 1. The highest BCUT2D eigenvalue weighted by Gasteiger charge is 2.25. The molecule has 21 heavy (non-hydrogen) atoms. The fraction of sp³-hybridized carbons (Fsp3) is 0.235. The van der Waals surface area contributed by atoms with Crippen molar-refractivity contribution in [3.05, 3.63) is 59.5 Å². The second kappa shape index (κ2) is 4.90. The summed E-state index contributed by atoms with van der Waals surface area (Å²) in [7, 11) is 1.65. The minimum atomic E-state index is 0.0216. The molecule has 2 aromatic carbocycles. The Morgan fingerprint density at radius 3 is 3.05 bits per heavy atom. The van der Waals surface area contributed by atoms with Gasteiger partial charge >= 0.3 is 0 Å². The molecule has 1 N–H and O–H groups in total. The predicted octanol–water partition coefficient (Wildman–Crippen LogP) is 3.07. The second-order valence-corrected chi connectivity index (χ2v) is 5.22. The van der Waals surface area contributed by atoms with Gasteiger partial charge in [-0.05, 0) is 29.7 Å². The largest absolute Gasteiger partial charge is 0.497 e. The number of nitrogens with one attached hydrogen (secondary N) is 1. The molecule has 0 saturated heterocycles. The summed E-state index contributed by atoms with van der Waals surface area (Å²) in [5, 5.41) is 3.49. The molecule has 2 heterocycles. The van der Waals surface area contributed by atoms with Crippen LogP contribution in [0, 0.1) is 0 Å². The number of rotatable bonds is 2. The van der Waals surface area contributed by atoms with Crippen LogP contribution in [0.4, 0.5) is 0 Å². The van der Waals surface area contributed by atoms with Gasteiger partial charge in [-0.15, -0.1) is 0 Å². The Morgan fingerprint density at radius 2 is 2.14 bits per heavy atom. The van der Waals surface area contributed by atoms with Gasteiger partial charge in [-0.1, -0.05) is 24.3 Å². The third kappa shape index (κ3) is 2.08. The lowest BCUT2D eigenvalue weighted by atomic mass is 9.94. The van der Waals surface area contributed by atoms with Gasteiger partial charge in [-0.2, -0.15) is 0 Å². The van der Waals surface area contributed by atoms with Crippen molar-refractivity contribution < 1.29 is 9.15 Å². The van der Waals surface area contributed by atoms with Crippen LogP contribution in [-0.2, 0) is 6.42 Å². The van der Waals surface area contributed by atoms with Crippen LogP contribution in [-0.4, -0.2) is 18.6 Å². The van der Waals surface area contributed by atoms with Gasteiger partial charge in [0.15, 0.2) is 5.58 Å². The third-order valence-corrected chi connectivity index (χ3v) is 3.97. The SMILES string of the molecule is COc1ccc2nc(C3NCCc4ccccc43)oc2c1. The molecule has 1 aliphatic rings. The average molecular weight is 280 g/mol. The van der Waals surface area contributed by atoms with Crippen molar-refractivity contribution in [2.75, 3.05) is 13.7 Å². The maximum absolute atomic E-state index is 5.95. The normalized spacial score (nSPS) is 17.7. The summed E-state index contributed by atoms with van der Waals surface area (Å²) in [6.07, 6.45) is 1.04. The molecule has 4 nitrogen and oxygen atoms in total. The van der Waals surface area contributed by atoms with Crippen molar-refractivity contribution in [1.82, 2.24) is 10.3 Å². The molecular formula is C17H16N2O2. The van der Waals surface area contributed by atoms with Gasteiger partial charge in [0.2, 0.25) is 5.89 Å². The first-order valence-corrected chi connectivity index (χ1v) is 7.11. The molecule has 0 spiro atoms. The zero-order valence-electron chi connectivity index (χ0n) is 11.8. The van der Waals surface area contributed by atoms with Crippen molar-refractivity contribution in [1.29, 1.82) is 0 Å². The first-order valence-electron chi connectivity index (χ1n) is 7.11. The van der Waals surface area contributed by atoms with Gasteiger partial charge in [-0.3, -0.25) is 0 Å². The first kappa shape index (κ1) is 12.4. The summed E-state index contributed by atoms with van der Waals surface area (Å²) in [4.78, 5) is 4.63. The Bertz CT molecular complexity index is 794. The van der Waals surface area contributed by atoms with Crippen LogP contribution in [0.1, 0.15) is 23.1 Å². The molecule has 3 aromatic rings. The minimum Gasteiger partial charge on any atom is -0.497 e. The maximum atomic E-state index is 5.95. The zero-order valence-corrected chi connectivity index (χ0v) is 11.8. The Balaban J connectivity index is 1.80. The summed E-state index contributed by atoms with van der Waals surface area (Å²) in [6.45, 7) is 0.934. The lowest BCUT2D eigenvalue weighted by molar-refractivity contribution is 0.412. The highest BCUT2D eigenvalue weighted by molar-refractivity contribution is 5.74. The van der Waals surface area contributed by atoms with Crippen LogP contribution >= 0.6 is 0 Å². The smallest absolute Gasteiger partial charge is 0.217 e. The summed E-state index contributed by atoms with van der Waals surface area (Å²) in [6, 6.07) is 14.2. The van der Waals surface area contributed by atoms with E-state index < -0.39 is 0 Å². The molecule has 1 aromatic heterocycles. The van der Waals surface area contributed by atoms with E-state index in [2.05, 4.69) is 34.6 Å². The van der Waals surface area contributed by atoms with Gasteiger partial charge in [0, 0.05) is 12.6 Å². The summed E-state index contributed by atoms with van der Waals surface area (Å²) in [5.41, 5.74) is 4.23. The zero-order chi connectivity index (χ0) is 14.2. The van der Waals surface area contributed by atoms with Crippen molar-refractivity contribution in [3.8, 4) is 5.75 Å². The average Bonchev–Trinajstić information content (AvgIpc) is 2.97. The number of aromatic nitrogens is 1. The number of hydrogen-bond donors (Lipinski definition) is 1. The van der Waals surface area contributed by atoms with Crippen LogP contribution in [0.3, 0.4) is 0 Å². The molecule has 0 saturated carbocycles. The fourth-order valence-corrected chi connectivity index (χ4v) is 2.90. The number of hydrogen-bond acceptors (Lipinski definition) is 4. The van der Waals surface area contributed by atoms with Crippen LogP contribution < -0.4 is 10.1 Å². The van der Waals surface area contributed by atoms with Crippen molar-refractivity contribution in [2.24, 2.45) is 0 Å². The van der Waals surface area contributed by atoms with Gasteiger partial charge in [0.1, 0.15) is 17.3 Å². The Labute approximate surface area is 122 Å². The van der Waals surface area contributed by atoms with E-state index in [-0.39, 0.29) is 6.04 Å². The lowest BCUT2D eigenvalue weighted by Gasteiger charge is -2.24. The minimum absolute atomic E-state index is 0.0216. The van der Waals surface area contributed by atoms with E-state index in [9.17, 15) is 0 Å². The molecule has 4 heteroatoms. The van der Waals surface area contributed by atoms with Crippen LogP contribution in [0.15, 0.2) is 46.9 Å². The summed E-state index contributed by atoms with van der Waals surface area (Å²) in [5.74, 6) is 1.49. The van der Waals surface area contributed by atoms with E-state index in [0.29, 0.717) is 5.89 Å². The third-order valence-electron chi connectivity index (χ3n) is 3.97. The monoisotopic (exact) mass is 280 g/mol. The van der Waals surface area contributed by atoms with Gasteiger partial charge < -0.3 is 14.5 Å². The van der Waals surface area contributed by atoms with Crippen molar-refractivity contribution >= 4 is 11.1 Å². The summed E-state index contributed by atoms with van der Waals surface area (Å²) >= 11 is 0. The standard InChI is InChI=1S/C17H16N2O2/c1-20-12-6-7-14-15(10-12)21-17(19-14)16-13-5-3-2-4-11(13)8-9-18-16/h2-7,10,16,18H,8-9H2,1H3. The number of oxazole rings is 1. The van der Waals surface area contributed by atoms with Crippen LogP contribution in [0.5, 0.6) is 5.75 Å². The number of benzene rings is 2. The molecule has 0 radical (unpaired) electrons. The molecule has 0 amide bonds. The predicted molar refractivity (Wildman–Crippen MR) is 80.6 cm³/mol. The molecule has 4 rings (SSSR count). The molecule has 1 aliphatic heterocycles. The van der Waals surface area contributed by atoms with E-state index in [0.717, 1.165) is 29.8 Å². The quantitative estimate of drug-likeness (QED) is 0.783. The van der Waals surface area contributed by atoms with Gasteiger partial charge in [0.05, 0.1) is 7.11 Å².